The van der Waals surface area contributed by atoms with Crippen LogP contribution in [0, 0.1) is 5.82 Å². The molecule has 3 N–H and O–H groups in total. The normalized spacial score (nSPS) is 11.0. The predicted octanol–water partition coefficient (Wildman–Crippen LogP) is 1.38. The highest BCUT2D eigenvalue weighted by atomic mass is 32.2. The third-order valence-corrected chi connectivity index (χ3v) is 4.54. The van der Waals surface area contributed by atoms with Gasteiger partial charge in [0.2, 0.25) is 10.0 Å². The standard InChI is InChI=1S/C18H19FN2O5S/c19-16-9-8-14(27(20,24)25)11-15(16)18(23)26-12-17(22)21-10-4-7-13-5-2-1-3-6-13/h1-3,5-6,8-9,11H,4,7,10,12H2,(H,21,22)(H2,20,24,25). The molecule has 7 nitrogen and oxygen atoms in total. The number of halogens is 1. The molecule has 2 aromatic rings. The Labute approximate surface area is 156 Å². The molecule has 0 saturated heterocycles. The third-order valence-electron chi connectivity index (χ3n) is 3.63. The molecule has 0 heterocycles. The number of amides is 1. The molecule has 0 aliphatic carbocycles. The van der Waals surface area contributed by atoms with Crippen LogP contribution in [0.2, 0.25) is 0 Å². The predicted molar refractivity (Wildman–Crippen MR) is 95.8 cm³/mol. The largest absolute Gasteiger partial charge is 0.452 e. The van der Waals surface area contributed by atoms with E-state index in [2.05, 4.69) is 5.32 Å². The second kappa shape index (κ2) is 9.24. The molecule has 0 unspecified atom stereocenters. The van der Waals surface area contributed by atoms with Gasteiger partial charge in [0, 0.05) is 6.54 Å². The second-order valence-electron chi connectivity index (χ2n) is 5.70. The molecule has 0 atom stereocenters. The summed E-state index contributed by atoms with van der Waals surface area (Å²) < 4.78 is 41.0. The zero-order chi connectivity index (χ0) is 19.9. The molecule has 0 aliphatic heterocycles. The molecule has 9 heteroatoms. The number of carbonyl (C=O) groups is 2. The molecule has 144 valence electrons. The lowest BCUT2D eigenvalue weighted by Crippen LogP contribution is -2.30. The van der Waals surface area contributed by atoms with Crippen LogP contribution in [0.25, 0.3) is 0 Å². The van der Waals surface area contributed by atoms with Crippen LogP contribution in [0.5, 0.6) is 0 Å². The highest BCUT2D eigenvalue weighted by molar-refractivity contribution is 7.89. The number of hydrogen-bond donors (Lipinski definition) is 2. The van der Waals surface area contributed by atoms with Crippen molar-refractivity contribution in [3.05, 3.63) is 65.5 Å². The molecule has 0 saturated carbocycles. The van der Waals surface area contributed by atoms with Crippen molar-refractivity contribution in [3.8, 4) is 0 Å². The number of esters is 1. The Bertz CT molecular complexity index is 917. The Balaban J connectivity index is 1.80. The number of nitrogens with two attached hydrogens (primary N) is 1. The molecule has 2 rings (SSSR count). The molecule has 0 aliphatic rings. The maximum atomic E-state index is 13.7. The fraction of sp³-hybridized carbons (Fsp3) is 0.222. The number of ether oxygens (including phenoxy) is 1. The van der Waals surface area contributed by atoms with Crippen LogP contribution in [0.15, 0.2) is 53.4 Å². The molecular formula is C18H19FN2O5S. The summed E-state index contributed by atoms with van der Waals surface area (Å²) in [5.74, 6) is -2.67. The maximum absolute atomic E-state index is 13.7. The number of rotatable bonds is 8. The van der Waals surface area contributed by atoms with E-state index in [0.717, 1.165) is 30.2 Å². The van der Waals surface area contributed by atoms with Crippen molar-refractivity contribution >= 4 is 21.9 Å². The summed E-state index contributed by atoms with van der Waals surface area (Å²) in [6.07, 6.45) is 1.49. The van der Waals surface area contributed by atoms with E-state index in [1.807, 2.05) is 30.3 Å². The molecule has 0 fully saturated rings. The fourth-order valence-electron chi connectivity index (χ4n) is 2.26. The van der Waals surface area contributed by atoms with Crippen LogP contribution in [0.4, 0.5) is 4.39 Å². The van der Waals surface area contributed by atoms with E-state index in [-0.39, 0.29) is 0 Å². The first kappa shape index (κ1) is 20.5. The van der Waals surface area contributed by atoms with E-state index in [9.17, 15) is 22.4 Å². The van der Waals surface area contributed by atoms with Crippen molar-refractivity contribution in [2.45, 2.75) is 17.7 Å². The number of benzene rings is 2. The van der Waals surface area contributed by atoms with Gasteiger partial charge in [0.05, 0.1) is 10.5 Å². The zero-order valence-corrected chi connectivity index (χ0v) is 15.2. The number of primary sulfonamides is 1. The van der Waals surface area contributed by atoms with Crippen LogP contribution in [-0.2, 0) is 26.0 Å². The van der Waals surface area contributed by atoms with Gasteiger partial charge in [-0.1, -0.05) is 30.3 Å². The van der Waals surface area contributed by atoms with Gasteiger partial charge in [-0.25, -0.2) is 22.7 Å². The van der Waals surface area contributed by atoms with E-state index in [1.165, 1.54) is 0 Å². The molecule has 27 heavy (non-hydrogen) atoms. The second-order valence-corrected chi connectivity index (χ2v) is 7.26. The molecule has 0 radical (unpaired) electrons. The Hall–Kier alpha value is -2.78. The number of nitrogens with one attached hydrogen (secondary N) is 1. The van der Waals surface area contributed by atoms with E-state index < -0.39 is 44.8 Å². The van der Waals surface area contributed by atoms with Gasteiger partial charge >= 0.3 is 5.97 Å². The lowest BCUT2D eigenvalue weighted by Gasteiger charge is -2.08. The van der Waals surface area contributed by atoms with Gasteiger partial charge in [0.1, 0.15) is 5.82 Å². The van der Waals surface area contributed by atoms with Gasteiger partial charge < -0.3 is 10.1 Å². The van der Waals surface area contributed by atoms with Crippen LogP contribution in [0.1, 0.15) is 22.3 Å². The average molecular weight is 394 g/mol. The maximum Gasteiger partial charge on any atom is 0.341 e. The Morgan fingerprint density at radius 3 is 2.48 bits per heavy atom. The first-order chi connectivity index (χ1) is 12.8. The molecule has 0 spiro atoms. The van der Waals surface area contributed by atoms with Gasteiger partial charge in [-0.3, -0.25) is 4.79 Å². The van der Waals surface area contributed by atoms with Crippen LogP contribution in [-0.4, -0.2) is 33.4 Å². The van der Waals surface area contributed by atoms with Gasteiger partial charge in [0.15, 0.2) is 6.61 Å². The van der Waals surface area contributed by atoms with Crippen molar-refractivity contribution in [1.29, 1.82) is 0 Å². The molecule has 2 aromatic carbocycles. The summed E-state index contributed by atoms with van der Waals surface area (Å²) >= 11 is 0. The minimum absolute atomic E-state index is 0.389. The number of aryl methyl sites for hydroxylation is 1. The monoisotopic (exact) mass is 394 g/mol. The Morgan fingerprint density at radius 1 is 1.11 bits per heavy atom. The summed E-state index contributed by atoms with van der Waals surface area (Å²) in [5, 5.41) is 7.53. The van der Waals surface area contributed by atoms with Gasteiger partial charge in [0.25, 0.3) is 5.91 Å². The van der Waals surface area contributed by atoms with E-state index in [1.54, 1.807) is 0 Å². The Kier molecular flexibility index (Phi) is 7.03. The summed E-state index contributed by atoms with van der Waals surface area (Å²) in [6, 6.07) is 12.2. The quantitative estimate of drug-likeness (QED) is 0.518. The number of sulfonamides is 1. The van der Waals surface area contributed by atoms with Crippen molar-refractivity contribution in [1.82, 2.24) is 5.32 Å². The smallest absolute Gasteiger partial charge is 0.341 e. The Morgan fingerprint density at radius 2 is 1.81 bits per heavy atom. The van der Waals surface area contributed by atoms with Crippen LogP contribution in [0.3, 0.4) is 0 Å². The minimum Gasteiger partial charge on any atom is -0.452 e. The first-order valence-corrected chi connectivity index (χ1v) is 9.62. The summed E-state index contributed by atoms with van der Waals surface area (Å²) in [4.78, 5) is 23.2. The lowest BCUT2D eigenvalue weighted by atomic mass is 10.1. The molecular weight excluding hydrogens is 375 g/mol. The minimum atomic E-state index is -4.10. The van der Waals surface area contributed by atoms with E-state index >= 15 is 0 Å². The third kappa shape index (κ3) is 6.46. The fourth-order valence-corrected chi connectivity index (χ4v) is 2.80. The van der Waals surface area contributed by atoms with Crippen molar-refractivity contribution in [3.63, 3.8) is 0 Å². The summed E-state index contributed by atoms with van der Waals surface area (Å²) in [6.45, 7) is -0.218. The lowest BCUT2D eigenvalue weighted by molar-refractivity contribution is -0.124. The summed E-state index contributed by atoms with van der Waals surface area (Å²) in [5.41, 5.74) is 0.529. The van der Waals surface area contributed by atoms with Crippen LogP contribution < -0.4 is 10.5 Å². The van der Waals surface area contributed by atoms with Crippen molar-refractivity contribution in [2.24, 2.45) is 5.14 Å². The van der Waals surface area contributed by atoms with Crippen molar-refractivity contribution < 1.29 is 27.1 Å². The molecule has 0 aromatic heterocycles. The van der Waals surface area contributed by atoms with Gasteiger partial charge in [-0.15, -0.1) is 0 Å². The van der Waals surface area contributed by atoms with Crippen molar-refractivity contribution in [2.75, 3.05) is 13.2 Å². The number of hydrogen-bond acceptors (Lipinski definition) is 5. The topological polar surface area (TPSA) is 116 Å². The highest BCUT2D eigenvalue weighted by Crippen LogP contribution is 2.15. The summed E-state index contributed by atoms with van der Waals surface area (Å²) in [7, 11) is -4.10. The van der Waals surface area contributed by atoms with E-state index in [0.29, 0.717) is 13.0 Å². The van der Waals surface area contributed by atoms with Gasteiger partial charge in [-0.2, -0.15) is 0 Å². The first-order valence-electron chi connectivity index (χ1n) is 8.07. The highest BCUT2D eigenvalue weighted by Gasteiger charge is 2.18. The SMILES string of the molecule is NS(=O)(=O)c1ccc(F)c(C(=O)OCC(=O)NCCCc2ccccc2)c1. The molecule has 1 amide bonds. The van der Waals surface area contributed by atoms with Crippen LogP contribution >= 0.6 is 0 Å². The number of carbonyl (C=O) groups excluding carboxylic acids is 2. The molecule has 0 bridgehead atoms. The van der Waals surface area contributed by atoms with Gasteiger partial charge in [-0.05, 0) is 36.6 Å². The zero-order valence-electron chi connectivity index (χ0n) is 14.4. The average Bonchev–Trinajstić information content (AvgIpc) is 2.63. The van der Waals surface area contributed by atoms with E-state index in [4.69, 9.17) is 9.88 Å².